The summed E-state index contributed by atoms with van der Waals surface area (Å²) in [5, 5.41) is 22.8. The number of anilines is 3. The number of carboxylic acid groups (broad SMARTS) is 1. The van der Waals surface area contributed by atoms with Crippen LogP contribution in [0.3, 0.4) is 0 Å². The summed E-state index contributed by atoms with van der Waals surface area (Å²) >= 11 is 0. The molecule has 0 fully saturated rings. The summed E-state index contributed by atoms with van der Waals surface area (Å²) in [6, 6.07) is 10.3. The molecule has 0 saturated heterocycles. The number of aromatic carboxylic acids is 1. The largest absolute Gasteiger partial charge is 0.478 e. The van der Waals surface area contributed by atoms with E-state index in [1.807, 2.05) is 0 Å². The van der Waals surface area contributed by atoms with Crippen molar-refractivity contribution in [2.75, 3.05) is 11.1 Å². The molecule has 7 heteroatoms. The van der Waals surface area contributed by atoms with Gasteiger partial charge in [-0.15, -0.1) is 0 Å². The topological polar surface area (TPSA) is 118 Å². The summed E-state index contributed by atoms with van der Waals surface area (Å²) < 4.78 is 0. The summed E-state index contributed by atoms with van der Waals surface area (Å²) in [7, 11) is 0. The van der Waals surface area contributed by atoms with E-state index in [9.17, 15) is 14.9 Å². The lowest BCUT2D eigenvalue weighted by molar-refractivity contribution is -0.383. The Hall–Kier alpha value is -3.09. The second kappa shape index (κ2) is 5.27. The van der Waals surface area contributed by atoms with Gasteiger partial charge in [-0.3, -0.25) is 10.1 Å². The van der Waals surface area contributed by atoms with Crippen LogP contribution in [-0.4, -0.2) is 16.0 Å². The van der Waals surface area contributed by atoms with Crippen molar-refractivity contribution in [1.29, 1.82) is 0 Å². The van der Waals surface area contributed by atoms with Crippen LogP contribution in [0.25, 0.3) is 0 Å². The Labute approximate surface area is 113 Å². The van der Waals surface area contributed by atoms with Crippen LogP contribution in [-0.2, 0) is 0 Å². The zero-order chi connectivity index (χ0) is 14.7. The number of hydrogen-bond donors (Lipinski definition) is 3. The van der Waals surface area contributed by atoms with Crippen molar-refractivity contribution >= 4 is 28.7 Å². The van der Waals surface area contributed by atoms with E-state index in [0.717, 1.165) is 0 Å². The summed E-state index contributed by atoms with van der Waals surface area (Å²) in [6.45, 7) is 0. The first kappa shape index (κ1) is 13.3. The molecule has 0 amide bonds. The molecule has 0 spiro atoms. The van der Waals surface area contributed by atoms with Gasteiger partial charge in [-0.25, -0.2) is 4.79 Å². The molecule has 0 aliphatic carbocycles. The zero-order valence-electron chi connectivity index (χ0n) is 10.2. The van der Waals surface area contributed by atoms with Crippen LogP contribution in [0.15, 0.2) is 42.5 Å². The normalized spacial score (nSPS) is 10.0. The summed E-state index contributed by atoms with van der Waals surface area (Å²) in [4.78, 5) is 21.5. The van der Waals surface area contributed by atoms with Crippen LogP contribution >= 0.6 is 0 Å². The molecule has 0 aromatic heterocycles. The number of nitro groups is 1. The summed E-state index contributed by atoms with van der Waals surface area (Å²) in [5.74, 6) is -1.12. The maximum absolute atomic E-state index is 11.1. The van der Waals surface area contributed by atoms with Crippen LogP contribution in [0.4, 0.5) is 22.7 Å². The van der Waals surface area contributed by atoms with Gasteiger partial charge >= 0.3 is 5.97 Å². The van der Waals surface area contributed by atoms with Crippen molar-refractivity contribution in [3.05, 3.63) is 58.1 Å². The fourth-order valence-corrected chi connectivity index (χ4v) is 1.73. The fourth-order valence-electron chi connectivity index (χ4n) is 1.73. The fraction of sp³-hybridized carbons (Fsp3) is 0. The van der Waals surface area contributed by atoms with Crippen molar-refractivity contribution < 1.29 is 14.8 Å². The molecule has 0 radical (unpaired) electrons. The van der Waals surface area contributed by atoms with Crippen molar-refractivity contribution in [2.45, 2.75) is 0 Å². The molecule has 0 bridgehead atoms. The van der Waals surface area contributed by atoms with Crippen molar-refractivity contribution in [3.63, 3.8) is 0 Å². The average molecular weight is 273 g/mol. The Kier molecular flexibility index (Phi) is 3.52. The number of nitrogens with one attached hydrogen (secondary N) is 1. The van der Waals surface area contributed by atoms with Crippen LogP contribution in [0.5, 0.6) is 0 Å². The summed E-state index contributed by atoms with van der Waals surface area (Å²) in [6.07, 6.45) is 0. The van der Waals surface area contributed by atoms with Crippen LogP contribution in [0, 0.1) is 10.1 Å². The van der Waals surface area contributed by atoms with Crippen LogP contribution < -0.4 is 11.1 Å². The first-order chi connectivity index (χ1) is 9.49. The monoisotopic (exact) mass is 273 g/mol. The number of nitrogens with two attached hydrogens (primary N) is 1. The number of para-hydroxylation sites is 1. The van der Waals surface area contributed by atoms with E-state index in [4.69, 9.17) is 10.8 Å². The number of rotatable bonds is 4. The molecule has 2 aromatic carbocycles. The first-order valence-electron chi connectivity index (χ1n) is 5.62. The minimum atomic E-state index is -1.12. The molecule has 102 valence electrons. The number of nitro benzene ring substituents is 1. The third-order valence-electron chi connectivity index (χ3n) is 2.65. The minimum absolute atomic E-state index is 0.0265. The van der Waals surface area contributed by atoms with E-state index in [1.54, 1.807) is 12.1 Å². The molecule has 0 saturated carbocycles. The molecule has 20 heavy (non-hydrogen) atoms. The van der Waals surface area contributed by atoms with Gasteiger partial charge in [-0.2, -0.15) is 0 Å². The molecule has 4 N–H and O–H groups in total. The maximum atomic E-state index is 11.1. The predicted octanol–water partition coefficient (Wildman–Crippen LogP) is 2.62. The molecule has 0 aliphatic heterocycles. The third-order valence-corrected chi connectivity index (χ3v) is 2.65. The van der Waals surface area contributed by atoms with Gasteiger partial charge in [0.2, 0.25) is 0 Å². The van der Waals surface area contributed by atoms with Crippen molar-refractivity contribution in [3.8, 4) is 0 Å². The molecule has 0 unspecified atom stereocenters. The average Bonchev–Trinajstić information content (AvgIpc) is 2.41. The second-order valence-corrected chi connectivity index (χ2v) is 4.01. The SMILES string of the molecule is Nc1ccc(Nc2ccccc2C(=O)O)c([N+](=O)[O-])c1. The van der Waals surface area contributed by atoms with E-state index in [0.29, 0.717) is 0 Å². The Bertz CT molecular complexity index is 685. The smallest absolute Gasteiger partial charge is 0.337 e. The highest BCUT2D eigenvalue weighted by molar-refractivity contribution is 5.95. The van der Waals surface area contributed by atoms with Gasteiger partial charge < -0.3 is 16.2 Å². The quantitative estimate of drug-likeness (QED) is 0.447. The third kappa shape index (κ3) is 2.66. The van der Waals surface area contributed by atoms with E-state index in [2.05, 4.69) is 5.32 Å². The number of hydrogen-bond acceptors (Lipinski definition) is 5. The van der Waals surface area contributed by atoms with Gasteiger partial charge in [-0.05, 0) is 24.3 Å². The van der Waals surface area contributed by atoms with E-state index in [-0.39, 0.29) is 28.3 Å². The van der Waals surface area contributed by atoms with Crippen molar-refractivity contribution in [2.24, 2.45) is 0 Å². The highest BCUT2D eigenvalue weighted by Gasteiger charge is 2.16. The molecule has 0 atom stereocenters. The lowest BCUT2D eigenvalue weighted by Gasteiger charge is -2.10. The van der Waals surface area contributed by atoms with E-state index in [1.165, 1.54) is 30.3 Å². The van der Waals surface area contributed by atoms with Gasteiger partial charge in [0.1, 0.15) is 5.69 Å². The van der Waals surface area contributed by atoms with Gasteiger partial charge in [0.05, 0.1) is 16.2 Å². The Balaban J connectivity index is 2.45. The van der Waals surface area contributed by atoms with Gasteiger partial charge in [0.15, 0.2) is 0 Å². The van der Waals surface area contributed by atoms with E-state index >= 15 is 0 Å². The highest BCUT2D eigenvalue weighted by atomic mass is 16.6. The molecule has 2 aromatic rings. The molecule has 0 aliphatic rings. The molecular weight excluding hydrogens is 262 g/mol. The predicted molar refractivity (Wildman–Crippen MR) is 74.2 cm³/mol. The number of benzene rings is 2. The molecule has 7 nitrogen and oxygen atoms in total. The molecule has 2 rings (SSSR count). The Morgan fingerprint density at radius 3 is 2.55 bits per heavy atom. The first-order valence-corrected chi connectivity index (χ1v) is 5.62. The van der Waals surface area contributed by atoms with Crippen molar-refractivity contribution in [1.82, 2.24) is 0 Å². The zero-order valence-corrected chi connectivity index (χ0v) is 10.2. The lowest BCUT2D eigenvalue weighted by Crippen LogP contribution is -2.04. The van der Waals surface area contributed by atoms with Crippen LogP contribution in [0.1, 0.15) is 10.4 Å². The lowest BCUT2D eigenvalue weighted by atomic mass is 10.1. The molecular formula is C13H11N3O4. The summed E-state index contributed by atoms with van der Waals surface area (Å²) in [5.41, 5.74) is 6.03. The Morgan fingerprint density at radius 2 is 1.90 bits per heavy atom. The van der Waals surface area contributed by atoms with Gasteiger partial charge in [0, 0.05) is 11.8 Å². The molecule has 0 heterocycles. The van der Waals surface area contributed by atoms with Crippen LogP contribution in [0.2, 0.25) is 0 Å². The van der Waals surface area contributed by atoms with Gasteiger partial charge in [0.25, 0.3) is 5.69 Å². The number of carbonyl (C=O) groups is 1. The second-order valence-electron chi connectivity index (χ2n) is 4.01. The number of carboxylic acids is 1. The van der Waals surface area contributed by atoms with E-state index < -0.39 is 10.9 Å². The highest BCUT2D eigenvalue weighted by Crippen LogP contribution is 2.30. The number of nitrogens with zero attached hydrogens (tertiary/aromatic N) is 1. The van der Waals surface area contributed by atoms with Gasteiger partial charge in [-0.1, -0.05) is 12.1 Å². The maximum Gasteiger partial charge on any atom is 0.337 e. The number of nitrogen functional groups attached to an aromatic ring is 1. The minimum Gasteiger partial charge on any atom is -0.478 e. The Morgan fingerprint density at radius 1 is 1.20 bits per heavy atom. The standard InChI is InChI=1S/C13H11N3O4/c14-8-5-6-11(12(7-8)16(19)20)15-10-4-2-1-3-9(10)13(17)18/h1-7,15H,14H2,(H,17,18).